The van der Waals surface area contributed by atoms with Crippen molar-refractivity contribution in [1.82, 2.24) is 14.9 Å². The zero-order valence-corrected chi connectivity index (χ0v) is 19.2. The first-order chi connectivity index (χ1) is 15.3. The predicted octanol–water partition coefficient (Wildman–Crippen LogP) is 5.11. The van der Waals surface area contributed by atoms with Crippen molar-refractivity contribution in [2.45, 2.75) is 12.8 Å². The van der Waals surface area contributed by atoms with E-state index in [1.54, 1.807) is 41.4 Å². The first kappa shape index (κ1) is 22.5. The summed E-state index contributed by atoms with van der Waals surface area (Å²) in [7, 11) is 0. The lowest BCUT2D eigenvalue weighted by Crippen LogP contribution is -2.42. The number of carbonyl (C=O) groups excluding carboxylic acids is 2. The molecule has 1 aliphatic rings. The molecule has 164 valence electrons. The number of aromatic nitrogens is 2. The van der Waals surface area contributed by atoms with Crippen LogP contribution in [0.1, 0.15) is 23.5 Å². The Hall–Kier alpha value is -2.67. The van der Waals surface area contributed by atoms with E-state index in [1.165, 1.54) is 0 Å². The van der Waals surface area contributed by atoms with Gasteiger partial charge in [-0.1, -0.05) is 46.9 Å². The fourth-order valence-electron chi connectivity index (χ4n) is 3.72. The molecule has 2 N–H and O–H groups in total. The lowest BCUT2D eigenvalue weighted by molar-refractivity contribution is -0.123. The average molecular weight is 490 g/mol. The smallest absolute Gasteiger partial charge is 0.291 e. The second-order valence-electron chi connectivity index (χ2n) is 7.56. The van der Waals surface area contributed by atoms with Gasteiger partial charge in [0.15, 0.2) is 0 Å². The van der Waals surface area contributed by atoms with Crippen LogP contribution < -0.4 is 5.73 Å². The van der Waals surface area contributed by atoms with Crippen LogP contribution in [0.2, 0.25) is 15.1 Å². The van der Waals surface area contributed by atoms with E-state index in [4.69, 9.17) is 40.5 Å². The maximum Gasteiger partial charge on any atom is 0.291 e. The minimum absolute atomic E-state index is 0.0567. The fourth-order valence-corrected chi connectivity index (χ4v) is 4.34. The second kappa shape index (κ2) is 9.45. The summed E-state index contributed by atoms with van der Waals surface area (Å²) < 4.78 is 0. The third-order valence-electron chi connectivity index (χ3n) is 5.51. The van der Waals surface area contributed by atoms with Crippen LogP contribution in [-0.4, -0.2) is 39.8 Å². The molecule has 1 saturated heterocycles. The molecule has 3 aromatic rings. The second-order valence-corrected chi connectivity index (χ2v) is 8.84. The van der Waals surface area contributed by atoms with Crippen LogP contribution in [0.25, 0.3) is 22.4 Å². The van der Waals surface area contributed by atoms with Crippen molar-refractivity contribution in [2.75, 3.05) is 13.1 Å². The molecule has 9 heteroatoms. The fraction of sp³-hybridized carbons (Fsp3) is 0.217. The van der Waals surface area contributed by atoms with Gasteiger partial charge < -0.3 is 10.6 Å². The average Bonchev–Trinajstić information content (AvgIpc) is 2.79. The highest BCUT2D eigenvalue weighted by Crippen LogP contribution is 2.36. The number of primary amides is 1. The van der Waals surface area contributed by atoms with Crippen LogP contribution in [0.4, 0.5) is 0 Å². The van der Waals surface area contributed by atoms with Gasteiger partial charge >= 0.3 is 0 Å². The van der Waals surface area contributed by atoms with E-state index >= 15 is 0 Å². The molecule has 1 aromatic heterocycles. The van der Waals surface area contributed by atoms with E-state index in [-0.39, 0.29) is 23.6 Å². The third-order valence-corrected chi connectivity index (χ3v) is 6.31. The minimum atomic E-state index is -0.333. The number of amides is 2. The summed E-state index contributed by atoms with van der Waals surface area (Å²) in [6, 6.07) is 12.3. The van der Waals surface area contributed by atoms with Gasteiger partial charge in [-0.2, -0.15) is 0 Å². The lowest BCUT2D eigenvalue weighted by Gasteiger charge is -2.30. The quantitative estimate of drug-likeness (QED) is 0.551. The van der Waals surface area contributed by atoms with Crippen LogP contribution >= 0.6 is 34.8 Å². The molecule has 0 unspecified atom stereocenters. The van der Waals surface area contributed by atoms with Gasteiger partial charge in [0, 0.05) is 46.4 Å². The van der Waals surface area contributed by atoms with Crippen molar-refractivity contribution in [3.63, 3.8) is 0 Å². The number of rotatable bonds is 4. The molecule has 2 aromatic carbocycles. The Morgan fingerprint density at radius 2 is 1.59 bits per heavy atom. The van der Waals surface area contributed by atoms with Crippen molar-refractivity contribution in [2.24, 2.45) is 11.7 Å². The van der Waals surface area contributed by atoms with Crippen molar-refractivity contribution >= 4 is 46.6 Å². The number of nitrogens with two attached hydrogens (primary N) is 1. The molecule has 6 nitrogen and oxygen atoms in total. The molecular weight excluding hydrogens is 471 g/mol. The van der Waals surface area contributed by atoms with Crippen molar-refractivity contribution in [3.05, 3.63) is 69.6 Å². The van der Waals surface area contributed by atoms with Crippen molar-refractivity contribution < 1.29 is 9.59 Å². The van der Waals surface area contributed by atoms with Gasteiger partial charge in [-0.15, -0.1) is 0 Å². The number of likely N-dealkylation sites (tertiary alicyclic amines) is 1. The first-order valence-electron chi connectivity index (χ1n) is 10.0. The Kier molecular flexibility index (Phi) is 6.65. The van der Waals surface area contributed by atoms with E-state index in [1.807, 2.05) is 12.1 Å². The SMILES string of the molecule is NC(=O)C1CCN(C(=O)c2ncc(-c3ccc(Cl)cc3)c(-c3ccc(Cl)cc3Cl)n2)CC1. The normalized spacial score (nSPS) is 14.4. The number of halogens is 3. The molecule has 1 aliphatic heterocycles. The third kappa shape index (κ3) is 4.72. The van der Waals surface area contributed by atoms with Gasteiger partial charge in [-0.25, -0.2) is 9.97 Å². The number of hydrogen-bond acceptors (Lipinski definition) is 4. The van der Waals surface area contributed by atoms with Crippen LogP contribution in [0.3, 0.4) is 0 Å². The maximum atomic E-state index is 13.1. The molecule has 4 rings (SSSR count). The standard InChI is InChI=1S/C23H19Cl3N4O2/c24-15-3-1-13(2-4-15)18-12-28-22(23(32)30-9-7-14(8-10-30)21(27)31)29-20(18)17-6-5-16(25)11-19(17)26/h1-6,11-12,14H,7-10H2,(H2,27,31). The summed E-state index contributed by atoms with van der Waals surface area (Å²) in [4.78, 5) is 35.1. The Labute approximate surface area is 200 Å². The zero-order chi connectivity index (χ0) is 22.8. The number of carbonyl (C=O) groups is 2. The van der Waals surface area contributed by atoms with Crippen molar-refractivity contribution in [1.29, 1.82) is 0 Å². The van der Waals surface area contributed by atoms with Gasteiger partial charge in [0.25, 0.3) is 5.91 Å². The molecule has 0 bridgehead atoms. The van der Waals surface area contributed by atoms with Gasteiger partial charge in [0.2, 0.25) is 11.7 Å². The molecule has 1 fully saturated rings. The molecular formula is C23H19Cl3N4O2. The summed E-state index contributed by atoms with van der Waals surface area (Å²) in [6.45, 7) is 0.845. The highest BCUT2D eigenvalue weighted by Gasteiger charge is 2.28. The van der Waals surface area contributed by atoms with Crippen molar-refractivity contribution in [3.8, 4) is 22.4 Å². The lowest BCUT2D eigenvalue weighted by atomic mass is 9.96. The Morgan fingerprint density at radius 1 is 0.938 bits per heavy atom. The van der Waals surface area contributed by atoms with E-state index in [0.717, 1.165) is 5.56 Å². The Balaban J connectivity index is 1.73. The van der Waals surface area contributed by atoms with Gasteiger partial charge in [0.1, 0.15) is 0 Å². The van der Waals surface area contributed by atoms with Crippen LogP contribution in [0.15, 0.2) is 48.7 Å². The monoisotopic (exact) mass is 488 g/mol. The zero-order valence-electron chi connectivity index (χ0n) is 16.9. The van der Waals surface area contributed by atoms with Gasteiger partial charge in [-0.05, 0) is 48.7 Å². The van der Waals surface area contributed by atoms with Crippen LogP contribution in [0, 0.1) is 5.92 Å². The van der Waals surface area contributed by atoms with Gasteiger partial charge in [-0.3, -0.25) is 9.59 Å². The topological polar surface area (TPSA) is 89.2 Å². The number of nitrogens with zero attached hydrogens (tertiary/aromatic N) is 3. The largest absolute Gasteiger partial charge is 0.369 e. The number of benzene rings is 2. The summed E-state index contributed by atoms with van der Waals surface area (Å²) in [6.07, 6.45) is 2.67. The molecule has 0 atom stereocenters. The van der Waals surface area contributed by atoms with Crippen LogP contribution in [0.5, 0.6) is 0 Å². The molecule has 0 radical (unpaired) electrons. The summed E-state index contributed by atoms with van der Waals surface area (Å²) in [5, 5.41) is 1.51. The molecule has 2 heterocycles. The first-order valence-corrected chi connectivity index (χ1v) is 11.1. The molecule has 0 saturated carbocycles. The number of piperidine rings is 1. The van der Waals surface area contributed by atoms with E-state index < -0.39 is 0 Å². The van der Waals surface area contributed by atoms with E-state index in [2.05, 4.69) is 9.97 Å². The summed E-state index contributed by atoms with van der Waals surface area (Å²) in [5.41, 5.74) is 8.07. The van der Waals surface area contributed by atoms with Crippen LogP contribution in [-0.2, 0) is 4.79 Å². The molecule has 0 aliphatic carbocycles. The van der Waals surface area contributed by atoms with Gasteiger partial charge in [0.05, 0.1) is 10.7 Å². The summed E-state index contributed by atoms with van der Waals surface area (Å²) in [5.74, 6) is -0.792. The maximum absolute atomic E-state index is 13.1. The Bertz CT molecular complexity index is 1180. The molecule has 2 amide bonds. The van der Waals surface area contributed by atoms with E-state index in [9.17, 15) is 9.59 Å². The highest BCUT2D eigenvalue weighted by atomic mass is 35.5. The summed E-state index contributed by atoms with van der Waals surface area (Å²) >= 11 is 18.6. The number of hydrogen-bond donors (Lipinski definition) is 1. The van der Waals surface area contributed by atoms with E-state index in [0.29, 0.717) is 57.8 Å². The Morgan fingerprint density at radius 3 is 2.22 bits per heavy atom. The predicted molar refractivity (Wildman–Crippen MR) is 126 cm³/mol. The molecule has 32 heavy (non-hydrogen) atoms. The minimum Gasteiger partial charge on any atom is -0.369 e. The highest BCUT2D eigenvalue weighted by molar-refractivity contribution is 6.36. The molecule has 0 spiro atoms.